The van der Waals surface area contributed by atoms with E-state index < -0.39 is 24.1 Å². The van der Waals surface area contributed by atoms with Crippen molar-refractivity contribution < 1.29 is 27.4 Å². The van der Waals surface area contributed by atoms with Crippen LogP contribution >= 0.6 is 11.6 Å². The molecular weight excluding hydrogens is 411 g/mol. The van der Waals surface area contributed by atoms with Gasteiger partial charge >= 0.3 is 6.61 Å². The van der Waals surface area contributed by atoms with Gasteiger partial charge in [0.15, 0.2) is 18.2 Å². The van der Waals surface area contributed by atoms with Crippen LogP contribution in [0.2, 0.25) is 5.02 Å². The molecule has 0 aliphatic carbocycles. The number of carbonyl (C=O) groups is 1. The minimum Gasteiger partial charge on any atom is -0.471 e. The van der Waals surface area contributed by atoms with Crippen molar-refractivity contribution in [2.75, 3.05) is 5.32 Å². The molecule has 1 N–H and O–H groups in total. The third-order valence-electron chi connectivity index (χ3n) is 3.77. The Hall–Kier alpha value is -3.20. The molecule has 0 fully saturated rings. The van der Waals surface area contributed by atoms with Gasteiger partial charge in [-0.15, -0.1) is 0 Å². The van der Waals surface area contributed by atoms with Gasteiger partial charge in [0.25, 0.3) is 5.91 Å². The fraction of sp³-hybridized carbons (Fsp3) is 0.158. The third-order valence-corrected chi connectivity index (χ3v) is 4.01. The highest BCUT2D eigenvalue weighted by Crippen LogP contribution is 2.27. The number of halogens is 4. The largest absolute Gasteiger partial charge is 0.471 e. The number of carbonyl (C=O) groups excluding carboxylic acids is 1. The predicted molar refractivity (Wildman–Crippen MR) is 100 cm³/mol. The number of hydrogen-bond donors (Lipinski definition) is 1. The molecule has 0 aliphatic rings. The topological polar surface area (TPSA) is 65.4 Å². The second-order valence-electron chi connectivity index (χ2n) is 5.90. The van der Waals surface area contributed by atoms with E-state index in [0.717, 1.165) is 23.8 Å². The van der Waals surface area contributed by atoms with Crippen molar-refractivity contribution in [1.82, 2.24) is 9.78 Å². The summed E-state index contributed by atoms with van der Waals surface area (Å²) in [4.78, 5) is 12.3. The molecule has 0 saturated carbocycles. The van der Waals surface area contributed by atoms with Crippen LogP contribution in [0.3, 0.4) is 0 Å². The van der Waals surface area contributed by atoms with Gasteiger partial charge in [0.2, 0.25) is 0 Å². The Labute approximate surface area is 168 Å². The Kier molecular flexibility index (Phi) is 6.28. The molecule has 1 amide bonds. The van der Waals surface area contributed by atoms with E-state index in [0.29, 0.717) is 10.8 Å². The zero-order valence-corrected chi connectivity index (χ0v) is 15.8. The molecule has 152 valence electrons. The predicted octanol–water partition coefficient (Wildman–Crippen LogP) is 4.87. The van der Waals surface area contributed by atoms with Crippen LogP contribution in [-0.2, 0) is 6.73 Å². The molecule has 3 aromatic rings. The summed E-state index contributed by atoms with van der Waals surface area (Å²) < 4.78 is 49.5. The van der Waals surface area contributed by atoms with E-state index in [-0.39, 0.29) is 18.1 Å². The van der Waals surface area contributed by atoms with Crippen LogP contribution in [0.4, 0.5) is 18.9 Å². The lowest BCUT2D eigenvalue weighted by Crippen LogP contribution is -2.16. The average Bonchev–Trinajstić information content (AvgIpc) is 3.12. The normalized spacial score (nSPS) is 10.8. The Morgan fingerprint density at radius 1 is 1.21 bits per heavy atom. The summed E-state index contributed by atoms with van der Waals surface area (Å²) in [5.74, 6) is -1.35. The first kappa shape index (κ1) is 20.5. The molecule has 10 heteroatoms. The molecule has 0 aliphatic heterocycles. The highest BCUT2D eigenvalue weighted by molar-refractivity contribution is 6.30. The summed E-state index contributed by atoms with van der Waals surface area (Å²) in [5, 5.41) is 7.02. The van der Waals surface area contributed by atoms with Gasteiger partial charge in [-0.2, -0.15) is 13.9 Å². The summed E-state index contributed by atoms with van der Waals surface area (Å²) in [7, 11) is 0. The van der Waals surface area contributed by atoms with Gasteiger partial charge in [0, 0.05) is 17.3 Å². The van der Waals surface area contributed by atoms with Crippen LogP contribution in [0.5, 0.6) is 11.5 Å². The number of rotatable bonds is 7. The lowest BCUT2D eigenvalue weighted by molar-refractivity contribution is -0.0495. The van der Waals surface area contributed by atoms with Gasteiger partial charge in [-0.3, -0.25) is 4.79 Å². The number of anilines is 1. The van der Waals surface area contributed by atoms with Gasteiger partial charge in [0.1, 0.15) is 11.6 Å². The van der Waals surface area contributed by atoms with Crippen LogP contribution < -0.4 is 14.8 Å². The minimum atomic E-state index is -3.17. The molecule has 6 nitrogen and oxygen atoms in total. The number of alkyl halides is 2. The molecule has 1 heterocycles. The summed E-state index contributed by atoms with van der Waals surface area (Å²) in [6.07, 6.45) is 1.52. The van der Waals surface area contributed by atoms with Gasteiger partial charge in [0.05, 0.1) is 5.69 Å². The van der Waals surface area contributed by atoms with Crippen molar-refractivity contribution >= 4 is 23.2 Å². The zero-order valence-electron chi connectivity index (χ0n) is 15.0. The molecule has 0 bridgehead atoms. The van der Waals surface area contributed by atoms with E-state index in [2.05, 4.69) is 15.2 Å². The van der Waals surface area contributed by atoms with Gasteiger partial charge < -0.3 is 14.8 Å². The lowest BCUT2D eigenvalue weighted by atomic mass is 10.2. The van der Waals surface area contributed by atoms with E-state index in [1.54, 1.807) is 18.2 Å². The zero-order chi connectivity index (χ0) is 21.0. The molecule has 0 atom stereocenters. The van der Waals surface area contributed by atoms with Gasteiger partial charge in [-0.1, -0.05) is 11.6 Å². The number of nitrogens with one attached hydrogen (secondary N) is 1. The van der Waals surface area contributed by atoms with Crippen LogP contribution in [0, 0.1) is 12.7 Å². The average molecular weight is 426 g/mol. The fourth-order valence-electron chi connectivity index (χ4n) is 2.44. The van der Waals surface area contributed by atoms with Crippen LogP contribution in [-0.4, -0.2) is 22.3 Å². The van der Waals surface area contributed by atoms with Crippen molar-refractivity contribution in [2.24, 2.45) is 0 Å². The van der Waals surface area contributed by atoms with Crippen molar-refractivity contribution in [2.45, 2.75) is 20.3 Å². The Balaban J connectivity index is 1.66. The molecule has 29 heavy (non-hydrogen) atoms. The molecule has 0 spiro atoms. The first-order valence-electron chi connectivity index (χ1n) is 8.30. The Bertz CT molecular complexity index is 1030. The summed E-state index contributed by atoms with van der Waals surface area (Å²) in [6, 6.07) is 9.46. The summed E-state index contributed by atoms with van der Waals surface area (Å²) in [5.41, 5.74) is 0.735. The molecule has 0 unspecified atom stereocenters. The summed E-state index contributed by atoms with van der Waals surface area (Å²) >= 11 is 5.90. The van der Waals surface area contributed by atoms with Crippen LogP contribution in [0.15, 0.2) is 48.7 Å². The SMILES string of the molecule is Cc1cc(Cl)ccc1OCn1ccc(C(=O)Nc2ccc(F)cc2OC(F)F)n1. The van der Waals surface area contributed by atoms with E-state index in [9.17, 15) is 18.0 Å². The third kappa shape index (κ3) is 5.41. The molecule has 3 rings (SSSR count). The minimum absolute atomic E-state index is 0.00810. The molecule has 2 aromatic carbocycles. The maximum absolute atomic E-state index is 13.3. The second-order valence-corrected chi connectivity index (χ2v) is 6.33. The number of hydrogen-bond acceptors (Lipinski definition) is 4. The van der Waals surface area contributed by atoms with Gasteiger partial charge in [-0.25, -0.2) is 9.07 Å². The van der Waals surface area contributed by atoms with Crippen molar-refractivity contribution in [3.63, 3.8) is 0 Å². The maximum Gasteiger partial charge on any atom is 0.387 e. The van der Waals surface area contributed by atoms with E-state index in [1.165, 1.54) is 16.9 Å². The number of benzene rings is 2. The Morgan fingerprint density at radius 3 is 2.72 bits per heavy atom. The molecule has 1 aromatic heterocycles. The second kappa shape index (κ2) is 8.87. The van der Waals surface area contributed by atoms with E-state index in [1.807, 2.05) is 6.92 Å². The smallest absolute Gasteiger partial charge is 0.387 e. The highest BCUT2D eigenvalue weighted by Gasteiger charge is 2.16. The van der Waals surface area contributed by atoms with Crippen LogP contribution in [0.1, 0.15) is 16.1 Å². The molecule has 0 radical (unpaired) electrons. The monoisotopic (exact) mass is 425 g/mol. The van der Waals surface area contributed by atoms with E-state index in [4.69, 9.17) is 16.3 Å². The standard InChI is InChI=1S/C19H15ClF3N3O3/c1-11-8-12(20)2-5-16(11)28-10-26-7-6-15(25-26)18(27)24-14-4-3-13(21)9-17(14)29-19(22)23/h2-9,19H,10H2,1H3,(H,24,27). The molecule has 0 saturated heterocycles. The van der Waals surface area contributed by atoms with Crippen LogP contribution in [0.25, 0.3) is 0 Å². The lowest BCUT2D eigenvalue weighted by Gasteiger charge is -2.11. The van der Waals surface area contributed by atoms with E-state index >= 15 is 0 Å². The first-order valence-corrected chi connectivity index (χ1v) is 8.68. The quantitative estimate of drug-likeness (QED) is 0.586. The number of amides is 1. The van der Waals surface area contributed by atoms with Crippen molar-refractivity contribution in [3.8, 4) is 11.5 Å². The highest BCUT2D eigenvalue weighted by atomic mass is 35.5. The van der Waals surface area contributed by atoms with Gasteiger partial charge in [-0.05, 0) is 48.9 Å². The van der Waals surface area contributed by atoms with Crippen molar-refractivity contribution in [3.05, 3.63) is 70.8 Å². The molecular formula is C19H15ClF3N3O3. The fourth-order valence-corrected chi connectivity index (χ4v) is 2.67. The number of aromatic nitrogens is 2. The summed E-state index contributed by atoms with van der Waals surface area (Å²) in [6.45, 7) is -1.29. The first-order chi connectivity index (χ1) is 13.8. The number of aryl methyl sites for hydroxylation is 1. The van der Waals surface area contributed by atoms with Crippen molar-refractivity contribution in [1.29, 1.82) is 0 Å². The maximum atomic E-state index is 13.3. The number of ether oxygens (including phenoxy) is 2. The number of nitrogens with zero attached hydrogens (tertiary/aromatic N) is 2. The Morgan fingerprint density at radius 2 is 2.00 bits per heavy atom.